The van der Waals surface area contributed by atoms with Crippen LogP contribution in [0.3, 0.4) is 0 Å². The first kappa shape index (κ1) is 24.3. The van der Waals surface area contributed by atoms with E-state index in [1.807, 2.05) is 35.9 Å². The number of rotatable bonds is 7. The maximum absolute atomic E-state index is 13.1. The molecule has 4 aromatic rings. The van der Waals surface area contributed by atoms with Crippen LogP contribution in [0.4, 0.5) is 4.39 Å². The number of nitrogens with one attached hydrogen (secondary N) is 1. The van der Waals surface area contributed by atoms with Gasteiger partial charge in [0.25, 0.3) is 5.91 Å². The predicted octanol–water partition coefficient (Wildman–Crippen LogP) is 4.64. The zero-order chi connectivity index (χ0) is 25.1. The molecule has 1 saturated heterocycles. The van der Waals surface area contributed by atoms with Crippen molar-refractivity contribution in [1.29, 1.82) is 0 Å². The Morgan fingerprint density at radius 3 is 2.78 bits per heavy atom. The first-order valence-corrected chi connectivity index (χ1v) is 12.9. The number of likely N-dealkylation sites (tertiary alicyclic amines) is 1. The van der Waals surface area contributed by atoms with E-state index in [0.717, 1.165) is 66.2 Å². The molecule has 1 fully saturated rings. The molecule has 7 nitrogen and oxygen atoms in total. The van der Waals surface area contributed by atoms with Gasteiger partial charge in [0.15, 0.2) is 0 Å². The number of aryl methyl sites for hydroxylation is 1. The highest BCUT2D eigenvalue weighted by Gasteiger charge is 2.19. The van der Waals surface area contributed by atoms with E-state index in [1.54, 1.807) is 23.5 Å². The van der Waals surface area contributed by atoms with Crippen molar-refractivity contribution >= 4 is 34.4 Å². The number of fused-ring (bicyclic) bond motifs is 1. The van der Waals surface area contributed by atoms with Gasteiger partial charge in [0.05, 0.1) is 23.6 Å². The largest absolute Gasteiger partial charge is 0.393 e. The fourth-order valence-corrected chi connectivity index (χ4v) is 5.27. The fourth-order valence-electron chi connectivity index (χ4n) is 4.47. The molecule has 2 aromatic carbocycles. The van der Waals surface area contributed by atoms with Gasteiger partial charge < -0.3 is 9.67 Å². The van der Waals surface area contributed by atoms with Gasteiger partial charge in [0.1, 0.15) is 10.8 Å². The van der Waals surface area contributed by atoms with Gasteiger partial charge in [-0.05, 0) is 55.7 Å². The molecule has 2 N–H and O–H groups in total. The molecule has 0 unspecified atom stereocenters. The Balaban J connectivity index is 1.35. The number of amides is 1. The summed E-state index contributed by atoms with van der Waals surface area (Å²) in [5.74, 6) is -0.632. The van der Waals surface area contributed by atoms with Crippen molar-refractivity contribution in [3.63, 3.8) is 0 Å². The van der Waals surface area contributed by atoms with Crippen LogP contribution >= 0.6 is 11.3 Å². The van der Waals surface area contributed by atoms with Crippen molar-refractivity contribution < 1.29 is 14.3 Å². The summed E-state index contributed by atoms with van der Waals surface area (Å²) < 4.78 is 15.1. The van der Waals surface area contributed by atoms with Crippen molar-refractivity contribution in [2.45, 2.75) is 39.0 Å². The number of hydrazone groups is 1. The Morgan fingerprint density at radius 1 is 1.25 bits per heavy atom. The zero-order valence-electron chi connectivity index (χ0n) is 20.0. The van der Waals surface area contributed by atoms with Crippen molar-refractivity contribution in [3.8, 4) is 10.6 Å². The summed E-state index contributed by atoms with van der Waals surface area (Å²) >= 11 is 1.59. The third-order valence-corrected chi connectivity index (χ3v) is 7.40. The lowest BCUT2D eigenvalue weighted by Crippen LogP contribution is -2.35. The average molecular weight is 506 g/mol. The van der Waals surface area contributed by atoms with E-state index in [9.17, 15) is 14.3 Å². The molecule has 9 heteroatoms. The van der Waals surface area contributed by atoms with Crippen LogP contribution in [0.5, 0.6) is 0 Å². The number of hydrogen-bond acceptors (Lipinski definition) is 6. The van der Waals surface area contributed by atoms with Gasteiger partial charge in [0, 0.05) is 54.2 Å². The number of piperidine rings is 1. The molecule has 1 aliphatic rings. The van der Waals surface area contributed by atoms with E-state index >= 15 is 0 Å². The number of aliphatic hydroxyl groups is 1. The second-order valence-corrected chi connectivity index (χ2v) is 9.82. The predicted molar refractivity (Wildman–Crippen MR) is 141 cm³/mol. The van der Waals surface area contributed by atoms with Crippen molar-refractivity contribution in [2.75, 3.05) is 13.1 Å². The molecule has 3 heterocycles. The molecule has 0 bridgehead atoms. The third kappa shape index (κ3) is 5.38. The molecule has 0 radical (unpaired) electrons. The number of benzene rings is 2. The summed E-state index contributed by atoms with van der Waals surface area (Å²) in [4.78, 5) is 20.2. The van der Waals surface area contributed by atoms with Gasteiger partial charge in [-0.2, -0.15) is 5.10 Å². The molecule has 1 amide bonds. The molecule has 0 spiro atoms. The lowest BCUT2D eigenvalue weighted by molar-refractivity contribution is 0.0787. The zero-order valence-corrected chi connectivity index (χ0v) is 20.8. The summed E-state index contributed by atoms with van der Waals surface area (Å²) in [5, 5.41) is 17.6. The van der Waals surface area contributed by atoms with E-state index in [-0.39, 0.29) is 17.8 Å². The summed E-state index contributed by atoms with van der Waals surface area (Å²) in [6.45, 7) is 5.30. The molecule has 0 atom stereocenters. The van der Waals surface area contributed by atoms with E-state index in [4.69, 9.17) is 4.98 Å². The monoisotopic (exact) mass is 505 g/mol. The first-order valence-electron chi connectivity index (χ1n) is 12.1. The molecule has 0 saturated carbocycles. The van der Waals surface area contributed by atoms with Crippen LogP contribution < -0.4 is 5.43 Å². The Kier molecular flexibility index (Phi) is 7.22. The van der Waals surface area contributed by atoms with Crippen LogP contribution in [0, 0.1) is 5.82 Å². The molecule has 186 valence electrons. The molecule has 36 heavy (non-hydrogen) atoms. The Bertz CT molecular complexity index is 1390. The maximum atomic E-state index is 13.1. The minimum Gasteiger partial charge on any atom is -0.393 e. The third-order valence-electron chi connectivity index (χ3n) is 6.46. The Hall–Kier alpha value is -3.40. The van der Waals surface area contributed by atoms with Gasteiger partial charge in [0.2, 0.25) is 0 Å². The van der Waals surface area contributed by atoms with Gasteiger partial charge in [-0.25, -0.2) is 14.8 Å². The van der Waals surface area contributed by atoms with Gasteiger partial charge in [-0.3, -0.25) is 9.69 Å². The molecule has 2 aromatic heterocycles. The van der Waals surface area contributed by atoms with Crippen LogP contribution in [0.1, 0.15) is 41.4 Å². The first-order chi connectivity index (χ1) is 17.5. The van der Waals surface area contributed by atoms with Gasteiger partial charge >= 0.3 is 0 Å². The highest BCUT2D eigenvalue weighted by Crippen LogP contribution is 2.30. The summed E-state index contributed by atoms with van der Waals surface area (Å²) in [5.41, 5.74) is 6.77. The Labute approximate surface area is 212 Å². The summed E-state index contributed by atoms with van der Waals surface area (Å²) in [6, 6.07) is 12.0. The van der Waals surface area contributed by atoms with Crippen LogP contribution in [-0.2, 0) is 13.1 Å². The maximum Gasteiger partial charge on any atom is 0.273 e. The number of hydrogen-bond donors (Lipinski definition) is 2. The molecule has 0 aliphatic carbocycles. The fraction of sp³-hybridized carbons (Fsp3) is 0.296. The van der Waals surface area contributed by atoms with Crippen LogP contribution in [-0.4, -0.2) is 50.9 Å². The SMILES string of the molecule is CCn1cc(C(=O)NN=Cc2ccc(F)cc2)c2cc(-c3nc(CN4CCC(O)CC4)cs3)ccc21. The normalized spacial score (nSPS) is 15.2. The van der Waals surface area contributed by atoms with Crippen LogP contribution in [0.15, 0.2) is 59.1 Å². The minimum absolute atomic E-state index is 0.186. The molecular weight excluding hydrogens is 477 g/mol. The number of nitrogens with zero attached hydrogens (tertiary/aromatic N) is 4. The molecular formula is C27H28FN5O2S. The number of aromatic nitrogens is 2. The quantitative estimate of drug-likeness (QED) is 0.283. The number of thiazole rings is 1. The highest BCUT2D eigenvalue weighted by atomic mass is 32.1. The van der Waals surface area contributed by atoms with Crippen molar-refractivity contribution in [1.82, 2.24) is 19.9 Å². The highest BCUT2D eigenvalue weighted by molar-refractivity contribution is 7.13. The Morgan fingerprint density at radius 2 is 2.03 bits per heavy atom. The van der Waals surface area contributed by atoms with Crippen LogP contribution in [0.2, 0.25) is 0 Å². The lowest BCUT2D eigenvalue weighted by atomic mass is 10.1. The van der Waals surface area contributed by atoms with Crippen LogP contribution in [0.25, 0.3) is 21.5 Å². The number of halogens is 1. The number of carbonyl (C=O) groups excluding carboxylic acids is 1. The van der Waals surface area contributed by atoms with Crippen molar-refractivity contribution in [3.05, 3.63) is 76.7 Å². The number of carbonyl (C=O) groups is 1. The van der Waals surface area contributed by atoms with Gasteiger partial charge in [-0.15, -0.1) is 11.3 Å². The number of aliphatic hydroxyl groups excluding tert-OH is 1. The van der Waals surface area contributed by atoms with E-state index in [1.165, 1.54) is 18.3 Å². The van der Waals surface area contributed by atoms with Crippen molar-refractivity contribution in [2.24, 2.45) is 5.10 Å². The smallest absolute Gasteiger partial charge is 0.273 e. The molecule has 5 rings (SSSR count). The van der Waals surface area contributed by atoms with Gasteiger partial charge in [-0.1, -0.05) is 12.1 Å². The van der Waals surface area contributed by atoms with E-state index in [2.05, 4.69) is 20.8 Å². The topological polar surface area (TPSA) is 82.8 Å². The van der Waals surface area contributed by atoms with E-state index in [0.29, 0.717) is 11.1 Å². The second kappa shape index (κ2) is 10.7. The standard InChI is InChI=1S/C27H28FN5O2S/c1-2-33-16-24(26(35)31-29-14-18-3-6-20(28)7-4-18)23-13-19(5-8-25(23)33)27-30-21(17-36-27)15-32-11-9-22(34)10-12-32/h3-8,13-14,16-17,22,34H,2,9-12,15H2,1H3,(H,31,35). The average Bonchev–Trinajstić information content (AvgIpc) is 3.51. The summed E-state index contributed by atoms with van der Waals surface area (Å²) in [7, 11) is 0. The summed E-state index contributed by atoms with van der Waals surface area (Å²) in [6.07, 6.45) is 4.76. The second-order valence-electron chi connectivity index (χ2n) is 8.96. The minimum atomic E-state index is -0.321. The van der Waals surface area contributed by atoms with E-state index < -0.39 is 0 Å². The lowest BCUT2D eigenvalue weighted by Gasteiger charge is -2.28. The molecule has 1 aliphatic heterocycles.